The van der Waals surface area contributed by atoms with Crippen molar-refractivity contribution in [1.29, 1.82) is 0 Å². The van der Waals surface area contributed by atoms with Crippen molar-refractivity contribution in [3.05, 3.63) is 89.6 Å². The van der Waals surface area contributed by atoms with Crippen molar-refractivity contribution in [2.24, 2.45) is 4.99 Å². The van der Waals surface area contributed by atoms with Gasteiger partial charge in [0.2, 0.25) is 0 Å². The number of methoxy groups -OCH3 is 1. The molecule has 0 fully saturated rings. The lowest BCUT2D eigenvalue weighted by Gasteiger charge is -2.26. The number of allylic oxidation sites excluding steroid dienone is 1. The fourth-order valence-corrected chi connectivity index (χ4v) is 5.31. The van der Waals surface area contributed by atoms with Crippen molar-refractivity contribution in [2.45, 2.75) is 26.1 Å². The molecular weight excluding hydrogens is 601 g/mol. The summed E-state index contributed by atoms with van der Waals surface area (Å²) in [7, 11) is 1.38. The number of carbonyl (C=O) groups excluding carboxylic acids is 2. The van der Waals surface area contributed by atoms with E-state index in [0.717, 1.165) is 15.9 Å². The van der Waals surface area contributed by atoms with E-state index in [1.807, 2.05) is 0 Å². The Bertz CT molecular complexity index is 1710. The van der Waals surface area contributed by atoms with Crippen LogP contribution in [0.2, 0.25) is 5.02 Å². The normalized spacial score (nSPS) is 15.1. The Balaban J connectivity index is 1.87. The topological polar surface area (TPSA) is 105 Å². The number of hydrogen-bond acceptors (Lipinski definition) is 9. The minimum Gasteiger partial charge on any atom is -0.493 e. The molecule has 222 valence electrons. The lowest BCUT2D eigenvalue weighted by atomic mass is 9.95. The van der Waals surface area contributed by atoms with E-state index in [4.69, 9.17) is 30.5 Å². The van der Waals surface area contributed by atoms with Crippen LogP contribution in [-0.4, -0.2) is 49.6 Å². The third-order valence-corrected chi connectivity index (χ3v) is 7.15. The predicted molar refractivity (Wildman–Crippen MR) is 147 cm³/mol. The Labute approximate surface area is 246 Å². The van der Waals surface area contributed by atoms with Crippen molar-refractivity contribution in [2.75, 3.05) is 26.9 Å². The summed E-state index contributed by atoms with van der Waals surface area (Å²) in [6.45, 7) is 2.78. The highest BCUT2D eigenvalue weighted by Gasteiger charge is 2.45. The van der Waals surface area contributed by atoms with Crippen molar-refractivity contribution < 1.29 is 41.7 Å². The zero-order chi connectivity index (χ0) is 30.6. The van der Waals surface area contributed by atoms with Gasteiger partial charge < -0.3 is 18.9 Å². The number of thiazole rings is 1. The second-order valence-corrected chi connectivity index (χ2v) is 10.1. The number of benzene rings is 2. The average molecular weight is 625 g/mol. The van der Waals surface area contributed by atoms with Gasteiger partial charge in [-0.15, -0.1) is 0 Å². The fraction of sp³-hybridized carbons (Fsp3) is 0.286. The van der Waals surface area contributed by atoms with Crippen LogP contribution in [0.4, 0.5) is 13.2 Å². The van der Waals surface area contributed by atoms with Gasteiger partial charge in [0.15, 0.2) is 28.6 Å². The summed E-state index contributed by atoms with van der Waals surface area (Å²) in [6, 6.07) is 8.89. The first-order valence-electron chi connectivity index (χ1n) is 12.5. The Morgan fingerprint density at radius 3 is 2.38 bits per heavy atom. The monoisotopic (exact) mass is 624 g/mol. The first-order valence-corrected chi connectivity index (χ1v) is 13.7. The van der Waals surface area contributed by atoms with E-state index < -0.39 is 41.0 Å². The quantitative estimate of drug-likeness (QED) is 0.332. The second kappa shape index (κ2) is 12.8. The molecule has 9 nitrogen and oxygen atoms in total. The van der Waals surface area contributed by atoms with Gasteiger partial charge >= 0.3 is 18.1 Å². The lowest BCUT2D eigenvalue weighted by Crippen LogP contribution is -2.41. The van der Waals surface area contributed by atoms with E-state index in [-0.39, 0.29) is 46.2 Å². The van der Waals surface area contributed by atoms with Crippen LogP contribution in [-0.2, 0) is 19.1 Å². The Morgan fingerprint density at radius 2 is 1.76 bits per heavy atom. The van der Waals surface area contributed by atoms with Gasteiger partial charge in [-0.2, -0.15) is 13.2 Å². The van der Waals surface area contributed by atoms with Crippen LogP contribution >= 0.6 is 22.9 Å². The van der Waals surface area contributed by atoms with E-state index in [2.05, 4.69) is 4.99 Å². The first-order chi connectivity index (χ1) is 20.0. The van der Waals surface area contributed by atoms with E-state index in [9.17, 15) is 27.6 Å². The van der Waals surface area contributed by atoms with Crippen molar-refractivity contribution in [3.63, 3.8) is 0 Å². The maximum atomic E-state index is 14.2. The molecule has 2 aromatic carbocycles. The zero-order valence-electron chi connectivity index (χ0n) is 22.5. The first kappa shape index (κ1) is 30.8. The molecule has 0 bridgehead atoms. The molecule has 1 atom stereocenters. The highest BCUT2D eigenvalue weighted by molar-refractivity contribution is 7.07. The third-order valence-electron chi connectivity index (χ3n) is 5.92. The number of esters is 2. The van der Waals surface area contributed by atoms with E-state index >= 15 is 0 Å². The molecule has 1 aliphatic rings. The number of ether oxygens (including phenoxy) is 4. The summed E-state index contributed by atoms with van der Waals surface area (Å²) >= 11 is 6.72. The maximum absolute atomic E-state index is 14.2. The van der Waals surface area contributed by atoms with Gasteiger partial charge in [-0.1, -0.05) is 41.1 Å². The number of rotatable bonds is 9. The number of aromatic nitrogens is 1. The van der Waals surface area contributed by atoms with Crippen LogP contribution in [0.1, 0.15) is 31.0 Å². The molecule has 0 radical (unpaired) electrons. The van der Waals surface area contributed by atoms with Gasteiger partial charge in [-0.05, 0) is 55.3 Å². The smallest absolute Gasteiger partial charge is 0.434 e. The van der Waals surface area contributed by atoms with Gasteiger partial charge in [-0.25, -0.2) is 14.6 Å². The van der Waals surface area contributed by atoms with Crippen molar-refractivity contribution >= 4 is 41.0 Å². The van der Waals surface area contributed by atoms with Gasteiger partial charge in [0.05, 0.1) is 36.5 Å². The number of fused-ring (bicyclic) bond motifs is 1. The summed E-state index contributed by atoms with van der Waals surface area (Å²) in [5.41, 5.74) is -2.28. The minimum absolute atomic E-state index is 0.0431. The summed E-state index contributed by atoms with van der Waals surface area (Å²) in [5, 5.41) is 0.312. The Hall–Kier alpha value is -4.10. The average Bonchev–Trinajstić information content (AvgIpc) is 3.26. The molecule has 1 aromatic heterocycles. The molecule has 0 saturated heterocycles. The highest BCUT2D eigenvalue weighted by Crippen LogP contribution is 2.38. The molecule has 3 aromatic rings. The van der Waals surface area contributed by atoms with Crippen LogP contribution in [0.15, 0.2) is 63.5 Å². The number of carbonyl (C=O) groups is 2. The zero-order valence-corrected chi connectivity index (χ0v) is 24.1. The number of halogens is 4. The van der Waals surface area contributed by atoms with Crippen molar-refractivity contribution in [3.8, 4) is 11.5 Å². The summed E-state index contributed by atoms with van der Waals surface area (Å²) in [5.74, 6) is -1.34. The van der Waals surface area contributed by atoms with Crippen LogP contribution in [0.3, 0.4) is 0 Å². The van der Waals surface area contributed by atoms with E-state index in [0.29, 0.717) is 10.6 Å². The molecule has 1 aliphatic heterocycles. The summed E-state index contributed by atoms with van der Waals surface area (Å²) in [6.07, 6.45) is -3.57. The SMILES string of the molecule is CCOC(=O)COc1ccc(/C=c2\sc3n(c2=O)[C@@H](c2ccc(Cl)cc2)C(C(=O)OCC)=C(C(F)(F)F)N=3)cc1OC. The molecule has 0 unspecified atom stereocenters. The molecule has 42 heavy (non-hydrogen) atoms. The van der Waals surface area contributed by atoms with E-state index in [1.54, 1.807) is 13.0 Å². The van der Waals surface area contributed by atoms with Gasteiger partial charge in [0.25, 0.3) is 5.56 Å². The van der Waals surface area contributed by atoms with Crippen LogP contribution in [0.25, 0.3) is 6.08 Å². The lowest BCUT2D eigenvalue weighted by molar-refractivity contribution is -0.145. The summed E-state index contributed by atoms with van der Waals surface area (Å²) < 4.78 is 64.4. The number of hydrogen-bond donors (Lipinski definition) is 0. The molecular formula is C28H24ClF3N2O7S. The molecule has 0 spiro atoms. The van der Waals surface area contributed by atoms with Gasteiger partial charge in [0, 0.05) is 5.02 Å². The summed E-state index contributed by atoms with van der Waals surface area (Å²) in [4.78, 5) is 41.7. The number of nitrogens with zero attached hydrogens (tertiary/aromatic N) is 2. The minimum atomic E-state index is -5.02. The van der Waals surface area contributed by atoms with Gasteiger partial charge in [0.1, 0.15) is 0 Å². The standard InChI is InChI=1S/C28H24ClF3N2O7S/c1-4-39-21(35)14-41-18-11-6-15(12-19(18)38-3)13-20-25(36)34-23(16-7-9-17(29)10-8-16)22(26(37)40-5-2)24(28(30,31)32)33-27(34)42-20/h6-13,23H,4-5,14H2,1-3H3/b20-13-/t23-/m0/s1. The Kier molecular flexibility index (Phi) is 9.42. The Morgan fingerprint density at radius 1 is 1.07 bits per heavy atom. The molecule has 14 heteroatoms. The molecule has 0 aliphatic carbocycles. The number of alkyl halides is 3. The maximum Gasteiger partial charge on any atom is 0.434 e. The molecule has 4 rings (SSSR count). The molecule has 0 saturated carbocycles. The molecule has 0 amide bonds. The second-order valence-electron chi connectivity index (χ2n) is 8.62. The van der Waals surface area contributed by atoms with Crippen LogP contribution in [0.5, 0.6) is 11.5 Å². The van der Waals surface area contributed by atoms with Crippen molar-refractivity contribution in [1.82, 2.24) is 4.57 Å². The molecule has 2 heterocycles. The van der Waals surface area contributed by atoms with Crippen LogP contribution in [0, 0.1) is 0 Å². The predicted octanol–water partition coefficient (Wildman–Crippen LogP) is 3.94. The largest absolute Gasteiger partial charge is 0.493 e. The van der Waals surface area contributed by atoms with E-state index in [1.165, 1.54) is 56.5 Å². The molecule has 0 N–H and O–H groups in total. The highest BCUT2D eigenvalue weighted by atomic mass is 35.5. The van der Waals surface area contributed by atoms with Crippen LogP contribution < -0.4 is 24.4 Å². The third kappa shape index (κ3) is 6.52. The fourth-order valence-electron chi connectivity index (χ4n) is 4.18. The van der Waals surface area contributed by atoms with Gasteiger partial charge in [-0.3, -0.25) is 9.36 Å².